The van der Waals surface area contributed by atoms with Gasteiger partial charge in [-0.1, -0.05) is 91.0 Å². The van der Waals surface area contributed by atoms with E-state index in [4.69, 9.17) is 28.4 Å². The fourth-order valence-corrected chi connectivity index (χ4v) is 5.11. The zero-order valence-corrected chi connectivity index (χ0v) is 22.5. The fraction of sp³-hybridized carbons (Fsp3) is 0.355. The van der Waals surface area contributed by atoms with Gasteiger partial charge in [0.25, 0.3) is 0 Å². The molecule has 0 N–H and O–H groups in total. The van der Waals surface area contributed by atoms with E-state index in [9.17, 15) is 9.59 Å². The highest BCUT2D eigenvalue weighted by molar-refractivity contribution is 5.67. The number of carbonyl (C=O) groups is 2. The van der Waals surface area contributed by atoms with Crippen molar-refractivity contribution in [2.24, 2.45) is 0 Å². The molecule has 8 nitrogen and oxygen atoms in total. The SMILES string of the molecule is COC1OC(COC(c2ccccc2)(c2ccccc2)c2ccccc2)C(OC)C(OC(C)=O)C1OC(C)=O. The molecule has 3 aromatic carbocycles. The van der Waals surface area contributed by atoms with Gasteiger partial charge in [0.15, 0.2) is 18.5 Å². The van der Waals surface area contributed by atoms with Crippen LogP contribution in [0.3, 0.4) is 0 Å². The third-order valence-corrected chi connectivity index (χ3v) is 6.70. The van der Waals surface area contributed by atoms with Crippen LogP contribution in [0.25, 0.3) is 0 Å². The summed E-state index contributed by atoms with van der Waals surface area (Å²) in [6.07, 6.45) is -4.59. The summed E-state index contributed by atoms with van der Waals surface area (Å²) < 4.78 is 35.5. The number of hydrogen-bond donors (Lipinski definition) is 0. The van der Waals surface area contributed by atoms with Gasteiger partial charge in [0, 0.05) is 28.1 Å². The molecule has 5 unspecified atom stereocenters. The van der Waals surface area contributed by atoms with Gasteiger partial charge in [-0.15, -0.1) is 0 Å². The lowest BCUT2D eigenvalue weighted by Crippen LogP contribution is -2.62. The highest BCUT2D eigenvalue weighted by Gasteiger charge is 2.51. The van der Waals surface area contributed by atoms with Gasteiger partial charge in [-0.05, 0) is 16.7 Å². The first-order valence-electron chi connectivity index (χ1n) is 12.8. The standard InChI is InChI=1S/C31H34O8/c1-21(32)37-28-27(34-3)26(39-30(35-4)29(28)38-22(2)33)20-36-31(23-14-8-5-9-15-23,24-16-10-6-11-17-24)25-18-12-7-13-19-25/h5-19,26-30H,20H2,1-4H3. The van der Waals surface area contributed by atoms with Crippen molar-refractivity contribution in [2.45, 2.75) is 50.2 Å². The Morgan fingerprint density at radius 1 is 0.667 bits per heavy atom. The molecule has 1 aliphatic heterocycles. The van der Waals surface area contributed by atoms with E-state index >= 15 is 0 Å². The Morgan fingerprint density at radius 2 is 1.10 bits per heavy atom. The summed E-state index contributed by atoms with van der Waals surface area (Å²) >= 11 is 0. The van der Waals surface area contributed by atoms with Gasteiger partial charge in [-0.3, -0.25) is 9.59 Å². The van der Waals surface area contributed by atoms with Crippen molar-refractivity contribution < 1.29 is 38.0 Å². The van der Waals surface area contributed by atoms with E-state index in [1.54, 1.807) is 0 Å². The maximum Gasteiger partial charge on any atom is 0.303 e. The highest BCUT2D eigenvalue weighted by atomic mass is 16.7. The Hall–Kier alpha value is -3.56. The lowest BCUT2D eigenvalue weighted by Gasteiger charge is -2.45. The molecule has 3 aromatic rings. The Labute approximate surface area is 228 Å². The van der Waals surface area contributed by atoms with Crippen LogP contribution < -0.4 is 0 Å². The zero-order valence-electron chi connectivity index (χ0n) is 22.5. The first-order valence-corrected chi connectivity index (χ1v) is 12.8. The molecule has 0 radical (unpaired) electrons. The monoisotopic (exact) mass is 534 g/mol. The summed E-state index contributed by atoms with van der Waals surface area (Å²) in [5.41, 5.74) is 1.76. The number of benzene rings is 3. The summed E-state index contributed by atoms with van der Waals surface area (Å²) in [5, 5.41) is 0. The summed E-state index contributed by atoms with van der Waals surface area (Å²) in [4.78, 5) is 23.9. The molecule has 0 bridgehead atoms. The van der Waals surface area contributed by atoms with E-state index in [1.807, 2.05) is 91.0 Å². The summed E-state index contributed by atoms with van der Waals surface area (Å²) in [6.45, 7) is 2.58. The normalized spacial score (nSPS) is 23.1. The first kappa shape index (κ1) is 28.4. The smallest absolute Gasteiger partial charge is 0.303 e. The van der Waals surface area contributed by atoms with Crippen molar-refractivity contribution in [3.63, 3.8) is 0 Å². The fourth-order valence-electron chi connectivity index (χ4n) is 5.11. The van der Waals surface area contributed by atoms with Gasteiger partial charge in [-0.2, -0.15) is 0 Å². The topological polar surface area (TPSA) is 89.5 Å². The number of ether oxygens (including phenoxy) is 6. The second-order valence-corrected chi connectivity index (χ2v) is 9.22. The molecule has 0 aromatic heterocycles. The van der Waals surface area contributed by atoms with E-state index < -0.39 is 48.2 Å². The summed E-state index contributed by atoms with van der Waals surface area (Å²) in [5.74, 6) is -1.12. The van der Waals surface area contributed by atoms with Crippen LogP contribution in [0.2, 0.25) is 0 Å². The predicted molar refractivity (Wildman–Crippen MR) is 143 cm³/mol. The highest BCUT2D eigenvalue weighted by Crippen LogP contribution is 2.41. The Bertz CT molecular complexity index is 1100. The van der Waals surface area contributed by atoms with Gasteiger partial charge in [0.2, 0.25) is 0 Å². The molecule has 0 amide bonds. The summed E-state index contributed by atoms with van der Waals surface area (Å²) in [6, 6.07) is 29.8. The van der Waals surface area contributed by atoms with Crippen molar-refractivity contribution in [1.82, 2.24) is 0 Å². The molecule has 1 heterocycles. The van der Waals surface area contributed by atoms with Crippen LogP contribution in [-0.2, 0) is 43.6 Å². The minimum atomic E-state index is -1.03. The van der Waals surface area contributed by atoms with Gasteiger partial charge in [0.1, 0.15) is 17.8 Å². The Balaban J connectivity index is 1.77. The molecule has 0 saturated carbocycles. The van der Waals surface area contributed by atoms with Crippen LogP contribution in [0.15, 0.2) is 91.0 Å². The number of rotatable bonds is 10. The minimum Gasteiger partial charge on any atom is -0.455 e. The number of methoxy groups -OCH3 is 2. The molecule has 1 fully saturated rings. The van der Waals surface area contributed by atoms with Crippen molar-refractivity contribution in [2.75, 3.05) is 20.8 Å². The van der Waals surface area contributed by atoms with E-state index in [2.05, 4.69) is 0 Å². The van der Waals surface area contributed by atoms with Crippen molar-refractivity contribution in [1.29, 1.82) is 0 Å². The molecule has 39 heavy (non-hydrogen) atoms. The first-order chi connectivity index (χ1) is 18.9. The van der Waals surface area contributed by atoms with Gasteiger partial charge in [0.05, 0.1) is 6.61 Å². The molecule has 5 atom stereocenters. The van der Waals surface area contributed by atoms with E-state index in [0.717, 1.165) is 16.7 Å². The molecule has 0 spiro atoms. The van der Waals surface area contributed by atoms with Gasteiger partial charge >= 0.3 is 11.9 Å². The van der Waals surface area contributed by atoms with Crippen molar-refractivity contribution in [3.8, 4) is 0 Å². The zero-order chi connectivity index (χ0) is 27.8. The lowest BCUT2D eigenvalue weighted by molar-refractivity contribution is -0.307. The Morgan fingerprint density at radius 3 is 1.49 bits per heavy atom. The quantitative estimate of drug-likeness (QED) is 0.282. The molecule has 0 aliphatic carbocycles. The summed E-state index contributed by atoms with van der Waals surface area (Å²) in [7, 11) is 2.91. The predicted octanol–water partition coefficient (Wildman–Crippen LogP) is 4.24. The number of carbonyl (C=O) groups excluding carboxylic acids is 2. The molecule has 206 valence electrons. The number of hydrogen-bond acceptors (Lipinski definition) is 8. The van der Waals surface area contributed by atoms with E-state index in [1.165, 1.54) is 28.1 Å². The molecule has 4 rings (SSSR count). The molecule has 8 heteroatoms. The van der Waals surface area contributed by atoms with E-state index in [-0.39, 0.29) is 6.61 Å². The van der Waals surface area contributed by atoms with Crippen LogP contribution in [-0.4, -0.2) is 63.5 Å². The second kappa shape index (κ2) is 13.0. The van der Waals surface area contributed by atoms with Crippen LogP contribution >= 0.6 is 0 Å². The molecular formula is C31H34O8. The van der Waals surface area contributed by atoms with Crippen LogP contribution in [0.4, 0.5) is 0 Å². The van der Waals surface area contributed by atoms with Crippen molar-refractivity contribution >= 4 is 11.9 Å². The van der Waals surface area contributed by atoms with Gasteiger partial charge < -0.3 is 28.4 Å². The van der Waals surface area contributed by atoms with Crippen LogP contribution in [0.5, 0.6) is 0 Å². The maximum absolute atomic E-state index is 12.0. The Kier molecular flexibility index (Phi) is 9.48. The lowest BCUT2D eigenvalue weighted by atomic mass is 9.80. The second-order valence-electron chi connectivity index (χ2n) is 9.22. The van der Waals surface area contributed by atoms with Crippen LogP contribution in [0, 0.1) is 0 Å². The molecule has 1 aliphatic rings. The minimum absolute atomic E-state index is 0.0294. The van der Waals surface area contributed by atoms with Crippen LogP contribution in [0.1, 0.15) is 30.5 Å². The third-order valence-electron chi connectivity index (χ3n) is 6.70. The molecular weight excluding hydrogens is 500 g/mol. The largest absolute Gasteiger partial charge is 0.455 e. The number of esters is 2. The van der Waals surface area contributed by atoms with Crippen molar-refractivity contribution in [3.05, 3.63) is 108 Å². The maximum atomic E-state index is 12.0. The van der Waals surface area contributed by atoms with Gasteiger partial charge in [-0.25, -0.2) is 0 Å². The average Bonchev–Trinajstić information content (AvgIpc) is 2.95. The molecule has 1 saturated heterocycles. The van der Waals surface area contributed by atoms with E-state index in [0.29, 0.717) is 0 Å². The third kappa shape index (κ3) is 6.20. The average molecular weight is 535 g/mol.